The monoisotopic (exact) mass is 315 g/mol. The summed E-state index contributed by atoms with van der Waals surface area (Å²) in [5.74, 6) is 1.81. The molecule has 0 N–H and O–H groups in total. The lowest BCUT2D eigenvalue weighted by Crippen LogP contribution is -2.39. The second kappa shape index (κ2) is 5.32. The van der Waals surface area contributed by atoms with Gasteiger partial charge in [-0.15, -0.1) is 11.3 Å². The summed E-state index contributed by atoms with van der Waals surface area (Å²) >= 11 is 1.63. The summed E-state index contributed by atoms with van der Waals surface area (Å²) in [5, 5.41) is 2.01. The lowest BCUT2D eigenvalue weighted by molar-refractivity contribution is -0.132. The predicted molar refractivity (Wildman–Crippen MR) is 84.4 cm³/mol. The molecule has 2 aliphatic rings. The fourth-order valence-electron chi connectivity index (χ4n) is 3.21. The molecule has 22 heavy (non-hydrogen) atoms. The van der Waals surface area contributed by atoms with Gasteiger partial charge < -0.3 is 14.4 Å². The summed E-state index contributed by atoms with van der Waals surface area (Å²) in [6, 6.07) is 8.18. The quantitative estimate of drug-likeness (QED) is 0.854. The molecule has 2 aromatic rings. The lowest BCUT2D eigenvalue weighted by atomic mass is 9.92. The van der Waals surface area contributed by atoms with E-state index in [1.807, 2.05) is 28.5 Å². The van der Waals surface area contributed by atoms with E-state index in [4.69, 9.17) is 9.47 Å². The molecule has 0 bridgehead atoms. The normalized spacial score (nSPS) is 19.1. The Labute approximate surface area is 133 Å². The number of benzene rings is 1. The van der Waals surface area contributed by atoms with Crippen molar-refractivity contribution in [3.8, 4) is 11.5 Å². The molecule has 1 amide bonds. The summed E-state index contributed by atoms with van der Waals surface area (Å²) in [7, 11) is 0. The van der Waals surface area contributed by atoms with Gasteiger partial charge in [-0.3, -0.25) is 4.79 Å². The number of carbonyl (C=O) groups is 1. The maximum Gasteiger partial charge on any atom is 0.231 e. The molecule has 1 aromatic carbocycles. The first-order chi connectivity index (χ1) is 10.7. The standard InChI is InChI=1S/C17H17NO3S/c1-11-14-9-16-15(20-10-21-16)7-12(14)4-5-18(11)17(19)8-13-3-2-6-22-13/h2-3,6-7,9,11H,4-5,8,10H2,1H3. The minimum atomic E-state index is 0.0747. The van der Waals surface area contributed by atoms with Gasteiger partial charge in [0, 0.05) is 11.4 Å². The molecule has 3 heterocycles. The van der Waals surface area contributed by atoms with Crippen molar-refractivity contribution >= 4 is 17.2 Å². The average molecular weight is 315 g/mol. The van der Waals surface area contributed by atoms with E-state index in [1.54, 1.807) is 11.3 Å². The Kier molecular flexibility index (Phi) is 3.30. The van der Waals surface area contributed by atoms with E-state index in [2.05, 4.69) is 13.0 Å². The first-order valence-corrected chi connectivity index (χ1v) is 8.34. The van der Waals surface area contributed by atoms with Gasteiger partial charge in [-0.1, -0.05) is 6.07 Å². The van der Waals surface area contributed by atoms with Gasteiger partial charge in [0.15, 0.2) is 11.5 Å². The topological polar surface area (TPSA) is 38.8 Å². The van der Waals surface area contributed by atoms with Crippen molar-refractivity contribution in [3.05, 3.63) is 45.6 Å². The minimum absolute atomic E-state index is 0.0747. The summed E-state index contributed by atoms with van der Waals surface area (Å²) in [4.78, 5) is 15.7. The molecule has 5 heteroatoms. The third-order valence-electron chi connectivity index (χ3n) is 4.40. The number of nitrogens with zero attached hydrogens (tertiary/aromatic N) is 1. The highest BCUT2D eigenvalue weighted by molar-refractivity contribution is 7.10. The van der Waals surface area contributed by atoms with Gasteiger partial charge in [-0.2, -0.15) is 0 Å². The van der Waals surface area contributed by atoms with Crippen molar-refractivity contribution in [1.29, 1.82) is 0 Å². The third-order valence-corrected chi connectivity index (χ3v) is 5.28. The van der Waals surface area contributed by atoms with Gasteiger partial charge in [0.25, 0.3) is 0 Å². The Bertz CT molecular complexity index is 711. The fourth-order valence-corrected chi connectivity index (χ4v) is 3.91. The molecular formula is C17H17NO3S. The Hall–Kier alpha value is -2.01. The smallest absolute Gasteiger partial charge is 0.231 e. The molecule has 0 spiro atoms. The Morgan fingerprint density at radius 3 is 2.95 bits per heavy atom. The average Bonchev–Trinajstić information content (AvgIpc) is 3.16. The highest BCUT2D eigenvalue weighted by Crippen LogP contribution is 2.40. The first kappa shape index (κ1) is 13.6. The van der Waals surface area contributed by atoms with Crippen molar-refractivity contribution < 1.29 is 14.3 Å². The Morgan fingerprint density at radius 2 is 2.18 bits per heavy atom. The number of ether oxygens (including phenoxy) is 2. The summed E-state index contributed by atoms with van der Waals surface area (Å²) in [5.41, 5.74) is 2.44. The van der Waals surface area contributed by atoms with Crippen LogP contribution in [0.25, 0.3) is 0 Å². The van der Waals surface area contributed by atoms with Crippen LogP contribution in [0, 0.1) is 0 Å². The largest absolute Gasteiger partial charge is 0.454 e. The van der Waals surface area contributed by atoms with E-state index in [0.29, 0.717) is 6.42 Å². The molecule has 0 fully saturated rings. The highest BCUT2D eigenvalue weighted by atomic mass is 32.1. The zero-order valence-electron chi connectivity index (χ0n) is 12.4. The van der Waals surface area contributed by atoms with E-state index in [9.17, 15) is 4.79 Å². The van der Waals surface area contributed by atoms with Crippen LogP contribution in [0.5, 0.6) is 11.5 Å². The molecule has 4 rings (SSSR count). The zero-order valence-corrected chi connectivity index (χ0v) is 13.2. The van der Waals surface area contributed by atoms with E-state index >= 15 is 0 Å². The molecule has 2 aliphatic heterocycles. The van der Waals surface area contributed by atoms with E-state index in [1.165, 1.54) is 11.1 Å². The minimum Gasteiger partial charge on any atom is -0.454 e. The van der Waals surface area contributed by atoms with E-state index in [-0.39, 0.29) is 18.7 Å². The van der Waals surface area contributed by atoms with E-state index < -0.39 is 0 Å². The first-order valence-electron chi connectivity index (χ1n) is 7.46. The van der Waals surface area contributed by atoms with Crippen molar-refractivity contribution in [3.63, 3.8) is 0 Å². The molecule has 0 radical (unpaired) electrons. The predicted octanol–water partition coefficient (Wildman–Crippen LogP) is 3.17. The molecular weight excluding hydrogens is 298 g/mol. The Morgan fingerprint density at radius 1 is 1.36 bits per heavy atom. The number of carbonyl (C=O) groups excluding carboxylic acids is 1. The van der Waals surface area contributed by atoms with Crippen LogP contribution in [0.1, 0.15) is 29.0 Å². The van der Waals surface area contributed by atoms with Crippen molar-refractivity contribution in [2.45, 2.75) is 25.8 Å². The van der Waals surface area contributed by atoms with Gasteiger partial charge in [0.2, 0.25) is 12.7 Å². The molecule has 1 aromatic heterocycles. The zero-order chi connectivity index (χ0) is 15.1. The molecule has 0 aliphatic carbocycles. The lowest BCUT2D eigenvalue weighted by Gasteiger charge is -2.35. The maximum atomic E-state index is 12.6. The Balaban J connectivity index is 1.59. The number of hydrogen-bond donors (Lipinski definition) is 0. The maximum absolute atomic E-state index is 12.6. The molecule has 1 atom stereocenters. The van der Waals surface area contributed by atoms with Crippen molar-refractivity contribution in [2.24, 2.45) is 0 Å². The number of fused-ring (bicyclic) bond motifs is 2. The number of rotatable bonds is 2. The molecule has 4 nitrogen and oxygen atoms in total. The van der Waals surface area contributed by atoms with Gasteiger partial charge in [-0.05, 0) is 48.1 Å². The van der Waals surface area contributed by atoms with E-state index in [0.717, 1.165) is 29.3 Å². The summed E-state index contributed by atoms with van der Waals surface area (Å²) in [6.07, 6.45) is 1.36. The number of amides is 1. The molecule has 114 valence electrons. The fraction of sp³-hybridized carbons (Fsp3) is 0.353. The molecule has 1 unspecified atom stereocenters. The highest BCUT2D eigenvalue weighted by Gasteiger charge is 2.30. The van der Waals surface area contributed by atoms with Gasteiger partial charge in [0.05, 0.1) is 12.5 Å². The molecule has 0 saturated heterocycles. The third kappa shape index (κ3) is 2.25. The van der Waals surface area contributed by atoms with Gasteiger partial charge in [-0.25, -0.2) is 0 Å². The molecule has 0 saturated carbocycles. The van der Waals surface area contributed by atoms with Crippen molar-refractivity contribution in [1.82, 2.24) is 4.90 Å². The van der Waals surface area contributed by atoms with Crippen LogP contribution in [-0.4, -0.2) is 24.1 Å². The van der Waals surface area contributed by atoms with Crippen LogP contribution in [0.2, 0.25) is 0 Å². The summed E-state index contributed by atoms with van der Waals surface area (Å²) < 4.78 is 10.9. The second-order valence-electron chi connectivity index (χ2n) is 5.67. The number of hydrogen-bond acceptors (Lipinski definition) is 4. The SMILES string of the molecule is CC1c2cc3c(cc2CCN1C(=O)Cc1cccs1)OCO3. The van der Waals surface area contributed by atoms with Crippen LogP contribution in [-0.2, 0) is 17.6 Å². The van der Waals surface area contributed by atoms with Gasteiger partial charge >= 0.3 is 0 Å². The number of thiophene rings is 1. The van der Waals surface area contributed by atoms with Crippen molar-refractivity contribution in [2.75, 3.05) is 13.3 Å². The van der Waals surface area contributed by atoms with Gasteiger partial charge in [0.1, 0.15) is 0 Å². The summed E-state index contributed by atoms with van der Waals surface area (Å²) in [6.45, 7) is 3.14. The second-order valence-corrected chi connectivity index (χ2v) is 6.71. The van der Waals surface area contributed by atoms with Crippen LogP contribution >= 0.6 is 11.3 Å². The van der Waals surface area contributed by atoms with Crippen LogP contribution in [0.3, 0.4) is 0 Å². The van der Waals surface area contributed by atoms with Crippen LogP contribution in [0.15, 0.2) is 29.6 Å². The van der Waals surface area contributed by atoms with Crippen LogP contribution in [0.4, 0.5) is 0 Å². The van der Waals surface area contributed by atoms with Crippen LogP contribution < -0.4 is 9.47 Å².